The topological polar surface area (TPSA) is 160 Å². The molecule has 0 spiro atoms. The third-order valence-corrected chi connectivity index (χ3v) is 9.47. The van der Waals surface area contributed by atoms with Gasteiger partial charge in [-0.1, -0.05) is 179 Å². The molecule has 0 bridgehead atoms. The van der Waals surface area contributed by atoms with Gasteiger partial charge < -0.3 is 29.5 Å². The highest BCUT2D eigenvalue weighted by Gasteiger charge is 2.23. The second-order valence-corrected chi connectivity index (χ2v) is 16.1. The number of hydrogen-bond acceptors (Lipinski definition) is 8. The highest BCUT2D eigenvalue weighted by molar-refractivity contribution is 7.46. The number of phosphoric ester groups is 1. The van der Waals surface area contributed by atoms with Crippen molar-refractivity contribution < 1.29 is 48.2 Å². The SMILES string of the molecule is CCCCC[C@@H](O)/C=C/C=C\C/C=C\C=C\[C@@H](O)CCCC(=O)O[C@H](COC(=O)CCCCCCCCCCCCCCCCC(C)C)COP(=O)(O)O. The van der Waals surface area contributed by atoms with E-state index in [1.165, 1.54) is 70.6 Å². The van der Waals surface area contributed by atoms with E-state index < -0.39 is 44.7 Å². The van der Waals surface area contributed by atoms with Crippen LogP contribution in [-0.4, -0.2) is 63.5 Å². The molecule has 0 aliphatic carbocycles. The molecule has 0 unspecified atom stereocenters. The van der Waals surface area contributed by atoms with E-state index in [4.69, 9.17) is 19.3 Å². The summed E-state index contributed by atoms with van der Waals surface area (Å²) >= 11 is 0. The zero-order valence-corrected chi connectivity index (χ0v) is 34.9. The van der Waals surface area contributed by atoms with Gasteiger partial charge in [0.1, 0.15) is 6.61 Å². The van der Waals surface area contributed by atoms with Crippen LogP contribution in [0.2, 0.25) is 0 Å². The van der Waals surface area contributed by atoms with Crippen LogP contribution in [0.1, 0.15) is 175 Å². The average Bonchev–Trinajstić information content (AvgIpc) is 3.11. The largest absolute Gasteiger partial charge is 0.469 e. The molecule has 0 aromatic rings. The number of unbranched alkanes of at least 4 members (excludes halogenated alkanes) is 15. The lowest BCUT2D eigenvalue weighted by atomic mass is 10.0. The Morgan fingerprint density at radius 1 is 0.593 bits per heavy atom. The molecule has 3 atom stereocenters. The third-order valence-electron chi connectivity index (χ3n) is 8.99. The number of aliphatic hydroxyl groups is 2. The van der Waals surface area contributed by atoms with Gasteiger partial charge in [0.25, 0.3) is 0 Å². The maximum atomic E-state index is 12.4. The quantitative estimate of drug-likeness (QED) is 0.0207. The number of ether oxygens (including phenoxy) is 2. The Labute approximate surface area is 328 Å². The van der Waals surface area contributed by atoms with Crippen LogP contribution in [0, 0.1) is 5.92 Å². The number of aliphatic hydroxyl groups excluding tert-OH is 2. The maximum Gasteiger partial charge on any atom is 0.469 e. The van der Waals surface area contributed by atoms with E-state index >= 15 is 0 Å². The summed E-state index contributed by atoms with van der Waals surface area (Å²) in [7, 11) is -4.82. The fourth-order valence-corrected chi connectivity index (χ4v) is 6.13. The molecule has 0 heterocycles. The van der Waals surface area contributed by atoms with Crippen LogP contribution in [0.25, 0.3) is 0 Å². The number of carbonyl (C=O) groups is 2. The van der Waals surface area contributed by atoms with Gasteiger partial charge in [-0.2, -0.15) is 0 Å². The predicted molar refractivity (Wildman–Crippen MR) is 219 cm³/mol. The predicted octanol–water partition coefficient (Wildman–Crippen LogP) is 10.5. The van der Waals surface area contributed by atoms with Crippen molar-refractivity contribution in [3.05, 3.63) is 48.6 Å². The molecule has 0 fully saturated rings. The summed E-state index contributed by atoms with van der Waals surface area (Å²) in [6.45, 7) is 5.73. The van der Waals surface area contributed by atoms with Gasteiger partial charge in [0.15, 0.2) is 6.10 Å². The summed E-state index contributed by atoms with van der Waals surface area (Å²) in [5.74, 6) is -0.291. The highest BCUT2D eigenvalue weighted by Crippen LogP contribution is 2.36. The van der Waals surface area contributed by atoms with E-state index in [2.05, 4.69) is 25.3 Å². The number of esters is 2. The van der Waals surface area contributed by atoms with Crippen LogP contribution in [-0.2, 0) is 28.2 Å². The van der Waals surface area contributed by atoms with E-state index in [1.807, 2.05) is 30.4 Å². The van der Waals surface area contributed by atoms with Gasteiger partial charge in [0.05, 0.1) is 18.8 Å². The minimum atomic E-state index is -4.82. The molecular formula is C43H77O10P. The molecule has 10 nitrogen and oxygen atoms in total. The molecule has 0 amide bonds. The summed E-state index contributed by atoms with van der Waals surface area (Å²) in [5.41, 5.74) is 0. The second-order valence-electron chi connectivity index (χ2n) is 14.8. The minimum Gasteiger partial charge on any atom is -0.462 e. The van der Waals surface area contributed by atoms with Crippen LogP contribution < -0.4 is 0 Å². The first-order valence-electron chi connectivity index (χ1n) is 21.0. The Morgan fingerprint density at radius 3 is 1.56 bits per heavy atom. The number of hydrogen-bond donors (Lipinski definition) is 4. The molecule has 0 aliphatic heterocycles. The lowest BCUT2D eigenvalue weighted by Crippen LogP contribution is -2.29. The Balaban J connectivity index is 4.15. The van der Waals surface area contributed by atoms with Crippen LogP contribution in [0.4, 0.5) is 0 Å². The van der Waals surface area contributed by atoms with Crippen molar-refractivity contribution in [3.8, 4) is 0 Å². The van der Waals surface area contributed by atoms with Crippen molar-refractivity contribution in [2.45, 2.75) is 193 Å². The van der Waals surface area contributed by atoms with E-state index in [-0.39, 0.29) is 19.4 Å². The lowest BCUT2D eigenvalue weighted by molar-refractivity contribution is -0.161. The first-order chi connectivity index (χ1) is 25.9. The lowest BCUT2D eigenvalue weighted by Gasteiger charge is -2.18. The molecule has 314 valence electrons. The maximum absolute atomic E-state index is 12.4. The van der Waals surface area contributed by atoms with E-state index in [0.717, 1.165) is 50.9 Å². The van der Waals surface area contributed by atoms with Crippen molar-refractivity contribution in [3.63, 3.8) is 0 Å². The molecule has 0 saturated carbocycles. The molecule has 0 aromatic heterocycles. The first kappa shape index (κ1) is 51.9. The molecule has 0 aliphatic rings. The van der Waals surface area contributed by atoms with Gasteiger partial charge in [-0.15, -0.1) is 0 Å². The molecule has 0 aromatic carbocycles. The summed E-state index contributed by atoms with van der Waals surface area (Å²) in [5, 5.41) is 20.1. The summed E-state index contributed by atoms with van der Waals surface area (Å²) < 4.78 is 26.2. The van der Waals surface area contributed by atoms with E-state index in [9.17, 15) is 24.4 Å². The smallest absolute Gasteiger partial charge is 0.462 e. The van der Waals surface area contributed by atoms with Crippen molar-refractivity contribution in [2.24, 2.45) is 5.92 Å². The average molecular weight is 785 g/mol. The molecule has 0 radical (unpaired) electrons. The first-order valence-corrected chi connectivity index (χ1v) is 22.5. The fourth-order valence-electron chi connectivity index (χ4n) is 5.77. The van der Waals surface area contributed by atoms with Crippen LogP contribution in [0.3, 0.4) is 0 Å². The summed E-state index contributed by atoms with van der Waals surface area (Å²) in [6.07, 6.45) is 36.2. The number of allylic oxidation sites excluding steroid dienone is 6. The Hall–Kier alpha value is -2.07. The van der Waals surface area contributed by atoms with Crippen molar-refractivity contribution in [1.29, 1.82) is 0 Å². The highest BCUT2D eigenvalue weighted by atomic mass is 31.2. The van der Waals surface area contributed by atoms with Crippen molar-refractivity contribution in [2.75, 3.05) is 13.2 Å². The molecule has 0 rings (SSSR count). The van der Waals surface area contributed by atoms with Gasteiger partial charge in [0.2, 0.25) is 0 Å². The summed E-state index contributed by atoms with van der Waals surface area (Å²) in [4.78, 5) is 42.9. The molecule has 0 saturated heterocycles. The Kier molecular flexibility index (Phi) is 35.2. The van der Waals surface area contributed by atoms with Gasteiger partial charge >= 0.3 is 19.8 Å². The van der Waals surface area contributed by atoms with E-state index in [0.29, 0.717) is 25.7 Å². The molecule has 4 N–H and O–H groups in total. The Morgan fingerprint density at radius 2 is 1.06 bits per heavy atom. The number of carbonyl (C=O) groups excluding carboxylic acids is 2. The molecule has 11 heteroatoms. The zero-order chi connectivity index (χ0) is 40.1. The summed E-state index contributed by atoms with van der Waals surface area (Å²) in [6, 6.07) is 0. The van der Waals surface area contributed by atoms with Gasteiger partial charge in [-0.05, 0) is 38.0 Å². The standard InChI is InChI=1S/C43H77O10P/c1-4-5-23-30-39(44)31-25-20-16-14-17-21-26-32-40(45)33-28-35-43(47)53-41(37-52-54(48,49)50)36-51-42(46)34-27-22-18-13-11-9-7-6-8-10-12-15-19-24-29-38(2)3/h16-17,20-21,25-26,31-32,38-41,44-45H,4-15,18-19,22-24,27-30,33-37H2,1-3H3,(H2,48,49,50)/b20-16-,21-17-,31-25+,32-26+/t39-,40-,41-/m1/s1. The van der Waals surface area contributed by atoms with Crippen LogP contribution >= 0.6 is 7.82 Å². The fraction of sp³-hybridized carbons (Fsp3) is 0.767. The van der Waals surface area contributed by atoms with Crippen LogP contribution in [0.5, 0.6) is 0 Å². The Bertz CT molecular complexity index is 1060. The monoisotopic (exact) mass is 785 g/mol. The molecule has 54 heavy (non-hydrogen) atoms. The van der Waals surface area contributed by atoms with Crippen LogP contribution in [0.15, 0.2) is 48.6 Å². The van der Waals surface area contributed by atoms with Gasteiger partial charge in [-0.3, -0.25) is 14.1 Å². The van der Waals surface area contributed by atoms with Gasteiger partial charge in [-0.25, -0.2) is 4.57 Å². The van der Waals surface area contributed by atoms with Gasteiger partial charge in [0, 0.05) is 12.8 Å². The van der Waals surface area contributed by atoms with Crippen molar-refractivity contribution >= 4 is 19.8 Å². The normalized spacial score (nSPS) is 14.2. The molecular weight excluding hydrogens is 707 g/mol. The van der Waals surface area contributed by atoms with E-state index in [1.54, 1.807) is 18.2 Å². The minimum absolute atomic E-state index is 0.0363. The third kappa shape index (κ3) is 39.6. The second kappa shape index (κ2) is 36.6. The van der Waals surface area contributed by atoms with Crippen molar-refractivity contribution in [1.82, 2.24) is 0 Å². The number of rotatable bonds is 37. The zero-order valence-electron chi connectivity index (χ0n) is 34.0. The number of phosphoric acid groups is 1.